The van der Waals surface area contributed by atoms with Crippen molar-refractivity contribution in [3.8, 4) is 0 Å². The van der Waals surface area contributed by atoms with E-state index in [1.807, 2.05) is 11.9 Å². The van der Waals surface area contributed by atoms with E-state index in [2.05, 4.69) is 15.9 Å². The van der Waals surface area contributed by atoms with Crippen molar-refractivity contribution in [1.82, 2.24) is 0 Å². The predicted octanol–water partition coefficient (Wildman–Crippen LogP) is 4.36. The SMILES string of the molecule is CN(Cc1ccc(Br)cc1F)c1ccc(F)cc1. The summed E-state index contributed by atoms with van der Waals surface area (Å²) in [6, 6.07) is 11.1. The van der Waals surface area contributed by atoms with Crippen LogP contribution in [0.25, 0.3) is 0 Å². The molecule has 0 heterocycles. The Morgan fingerprint density at radius 3 is 2.33 bits per heavy atom. The number of hydrogen-bond acceptors (Lipinski definition) is 1. The van der Waals surface area contributed by atoms with Gasteiger partial charge in [0, 0.05) is 29.3 Å². The van der Waals surface area contributed by atoms with Crippen LogP contribution in [0.4, 0.5) is 14.5 Å². The Balaban J connectivity index is 2.15. The van der Waals surface area contributed by atoms with Crippen molar-refractivity contribution in [1.29, 1.82) is 0 Å². The standard InChI is InChI=1S/C14H12BrF2N/c1-18(13-6-4-12(16)5-7-13)9-10-2-3-11(15)8-14(10)17/h2-8H,9H2,1H3. The fourth-order valence-electron chi connectivity index (χ4n) is 1.69. The molecule has 2 aromatic carbocycles. The Labute approximate surface area is 113 Å². The second-order valence-electron chi connectivity index (χ2n) is 4.07. The minimum atomic E-state index is -0.276. The average Bonchev–Trinajstić information content (AvgIpc) is 2.33. The first-order chi connectivity index (χ1) is 8.56. The summed E-state index contributed by atoms with van der Waals surface area (Å²) in [6.45, 7) is 0.435. The number of benzene rings is 2. The maximum Gasteiger partial charge on any atom is 0.129 e. The summed E-state index contributed by atoms with van der Waals surface area (Å²) < 4.78 is 27.2. The van der Waals surface area contributed by atoms with Crippen LogP contribution in [-0.4, -0.2) is 7.05 Å². The van der Waals surface area contributed by atoms with Crippen LogP contribution in [0.3, 0.4) is 0 Å². The first-order valence-corrected chi connectivity index (χ1v) is 6.26. The van der Waals surface area contributed by atoms with Crippen molar-refractivity contribution in [2.45, 2.75) is 6.54 Å². The highest BCUT2D eigenvalue weighted by atomic mass is 79.9. The third-order valence-corrected chi connectivity index (χ3v) is 3.18. The van der Waals surface area contributed by atoms with E-state index in [1.54, 1.807) is 24.3 Å². The molecule has 0 aliphatic carbocycles. The second-order valence-corrected chi connectivity index (χ2v) is 4.98. The molecule has 4 heteroatoms. The molecule has 0 saturated carbocycles. The van der Waals surface area contributed by atoms with E-state index in [-0.39, 0.29) is 11.6 Å². The topological polar surface area (TPSA) is 3.24 Å². The molecule has 1 nitrogen and oxygen atoms in total. The van der Waals surface area contributed by atoms with Crippen LogP contribution in [0.5, 0.6) is 0 Å². The van der Waals surface area contributed by atoms with E-state index < -0.39 is 0 Å². The smallest absolute Gasteiger partial charge is 0.129 e. The van der Waals surface area contributed by atoms with Crippen LogP contribution in [0.2, 0.25) is 0 Å². The molecule has 0 radical (unpaired) electrons. The largest absolute Gasteiger partial charge is 0.370 e. The Morgan fingerprint density at radius 2 is 1.72 bits per heavy atom. The fourth-order valence-corrected chi connectivity index (χ4v) is 2.03. The van der Waals surface area contributed by atoms with Crippen molar-refractivity contribution in [2.24, 2.45) is 0 Å². The molecule has 2 rings (SSSR count). The van der Waals surface area contributed by atoms with Crippen LogP contribution in [0.1, 0.15) is 5.56 Å². The third kappa shape index (κ3) is 3.07. The molecule has 0 amide bonds. The molecule has 0 unspecified atom stereocenters. The number of halogens is 3. The lowest BCUT2D eigenvalue weighted by atomic mass is 10.2. The second kappa shape index (κ2) is 5.48. The third-order valence-electron chi connectivity index (χ3n) is 2.69. The van der Waals surface area contributed by atoms with Gasteiger partial charge >= 0.3 is 0 Å². The van der Waals surface area contributed by atoms with Crippen molar-refractivity contribution in [2.75, 3.05) is 11.9 Å². The number of hydrogen-bond donors (Lipinski definition) is 0. The Kier molecular flexibility index (Phi) is 3.97. The quantitative estimate of drug-likeness (QED) is 0.814. The molecular formula is C14H12BrF2N. The molecule has 0 bridgehead atoms. The van der Waals surface area contributed by atoms with Gasteiger partial charge < -0.3 is 4.90 Å². The number of anilines is 1. The van der Waals surface area contributed by atoms with E-state index in [0.717, 1.165) is 5.69 Å². The van der Waals surface area contributed by atoms with Gasteiger partial charge in [0.15, 0.2) is 0 Å². The van der Waals surface area contributed by atoms with E-state index in [1.165, 1.54) is 18.2 Å². The van der Waals surface area contributed by atoms with Gasteiger partial charge in [0.25, 0.3) is 0 Å². The van der Waals surface area contributed by atoms with E-state index >= 15 is 0 Å². The van der Waals surface area contributed by atoms with E-state index in [9.17, 15) is 8.78 Å². The van der Waals surface area contributed by atoms with Crippen LogP contribution in [0, 0.1) is 11.6 Å². The van der Waals surface area contributed by atoms with Crippen molar-refractivity contribution in [3.63, 3.8) is 0 Å². The lowest BCUT2D eigenvalue weighted by molar-refractivity contribution is 0.606. The zero-order valence-corrected chi connectivity index (χ0v) is 11.4. The molecule has 94 valence electrons. The predicted molar refractivity (Wildman–Crippen MR) is 72.6 cm³/mol. The Morgan fingerprint density at radius 1 is 1.06 bits per heavy atom. The minimum absolute atomic E-state index is 0.252. The van der Waals surface area contributed by atoms with Gasteiger partial charge in [0.2, 0.25) is 0 Å². The van der Waals surface area contributed by atoms with Gasteiger partial charge in [-0.2, -0.15) is 0 Å². The van der Waals surface area contributed by atoms with Crippen LogP contribution >= 0.6 is 15.9 Å². The van der Waals surface area contributed by atoms with Crippen molar-refractivity contribution < 1.29 is 8.78 Å². The van der Waals surface area contributed by atoms with Crippen LogP contribution in [-0.2, 0) is 6.54 Å². The maximum absolute atomic E-state index is 13.7. The van der Waals surface area contributed by atoms with Crippen LogP contribution in [0.15, 0.2) is 46.9 Å². The lowest BCUT2D eigenvalue weighted by Crippen LogP contribution is -2.17. The zero-order chi connectivity index (χ0) is 13.1. The molecule has 0 aliphatic rings. The van der Waals surface area contributed by atoms with Gasteiger partial charge in [-0.25, -0.2) is 8.78 Å². The maximum atomic E-state index is 13.7. The first kappa shape index (κ1) is 13.0. The molecule has 0 atom stereocenters. The van der Waals surface area contributed by atoms with Gasteiger partial charge in [0.1, 0.15) is 11.6 Å². The monoisotopic (exact) mass is 311 g/mol. The Bertz CT molecular complexity index is 540. The molecule has 0 saturated heterocycles. The number of rotatable bonds is 3. The van der Waals surface area contributed by atoms with Gasteiger partial charge in [-0.3, -0.25) is 0 Å². The molecular weight excluding hydrogens is 300 g/mol. The lowest BCUT2D eigenvalue weighted by Gasteiger charge is -2.19. The van der Waals surface area contributed by atoms with E-state index in [0.29, 0.717) is 16.6 Å². The average molecular weight is 312 g/mol. The van der Waals surface area contributed by atoms with Gasteiger partial charge in [0.05, 0.1) is 0 Å². The summed E-state index contributed by atoms with van der Waals surface area (Å²) in [5, 5.41) is 0. The van der Waals surface area contributed by atoms with Gasteiger partial charge in [-0.15, -0.1) is 0 Å². The van der Waals surface area contributed by atoms with Gasteiger partial charge in [-0.1, -0.05) is 22.0 Å². The summed E-state index contributed by atoms with van der Waals surface area (Å²) in [4.78, 5) is 1.87. The molecule has 0 N–H and O–H groups in total. The first-order valence-electron chi connectivity index (χ1n) is 5.47. The number of nitrogens with zero attached hydrogens (tertiary/aromatic N) is 1. The summed E-state index contributed by atoms with van der Waals surface area (Å²) in [6.07, 6.45) is 0. The van der Waals surface area contributed by atoms with Gasteiger partial charge in [-0.05, 0) is 36.4 Å². The van der Waals surface area contributed by atoms with Crippen molar-refractivity contribution >= 4 is 21.6 Å². The zero-order valence-electron chi connectivity index (χ0n) is 9.83. The summed E-state index contributed by atoms with van der Waals surface area (Å²) in [7, 11) is 1.84. The highest BCUT2D eigenvalue weighted by molar-refractivity contribution is 9.10. The van der Waals surface area contributed by atoms with Crippen LogP contribution < -0.4 is 4.90 Å². The minimum Gasteiger partial charge on any atom is -0.370 e. The summed E-state index contributed by atoms with van der Waals surface area (Å²) >= 11 is 3.22. The molecule has 0 aliphatic heterocycles. The Hall–Kier alpha value is -1.42. The molecule has 0 fully saturated rings. The van der Waals surface area contributed by atoms with E-state index in [4.69, 9.17) is 0 Å². The fraction of sp³-hybridized carbons (Fsp3) is 0.143. The normalized spacial score (nSPS) is 10.4. The summed E-state index contributed by atoms with van der Waals surface area (Å²) in [5.41, 5.74) is 1.45. The molecule has 0 aromatic heterocycles. The molecule has 18 heavy (non-hydrogen) atoms. The molecule has 0 spiro atoms. The van der Waals surface area contributed by atoms with Crippen molar-refractivity contribution in [3.05, 3.63) is 64.1 Å². The highest BCUT2D eigenvalue weighted by Crippen LogP contribution is 2.20. The summed E-state index contributed by atoms with van der Waals surface area (Å²) in [5.74, 6) is -0.527. The highest BCUT2D eigenvalue weighted by Gasteiger charge is 2.07. The molecule has 2 aromatic rings.